The zero-order valence-electron chi connectivity index (χ0n) is 8.97. The van der Waals surface area contributed by atoms with Gasteiger partial charge in [-0.1, -0.05) is 0 Å². The van der Waals surface area contributed by atoms with Gasteiger partial charge in [0.05, 0.1) is 12.6 Å². The van der Waals surface area contributed by atoms with E-state index >= 15 is 0 Å². The molecule has 1 rings (SSSR count). The molecule has 2 nitrogen and oxygen atoms in total. The van der Waals surface area contributed by atoms with E-state index in [1.807, 2.05) is 0 Å². The summed E-state index contributed by atoms with van der Waals surface area (Å²) in [6, 6.07) is -0.773. The molecule has 1 atom stereocenters. The molecule has 1 aliphatic carbocycles. The Morgan fingerprint density at radius 1 is 1.47 bits per heavy atom. The van der Waals surface area contributed by atoms with Crippen LogP contribution in [-0.4, -0.2) is 35.5 Å². The van der Waals surface area contributed by atoms with Gasteiger partial charge < -0.3 is 0 Å². The zero-order valence-corrected chi connectivity index (χ0v) is 8.97. The Bertz CT molecular complexity index is 237. The largest absolute Gasteiger partial charge is 0.401 e. The fourth-order valence-corrected chi connectivity index (χ4v) is 2.01. The van der Waals surface area contributed by atoms with Crippen LogP contribution >= 0.6 is 0 Å². The maximum absolute atomic E-state index is 12.3. The minimum Gasteiger partial charge on any atom is -0.298 e. The zero-order chi connectivity index (χ0) is 11.6. The molecular formula is C10H16F3NO. The molecule has 1 unspecified atom stereocenters. The van der Waals surface area contributed by atoms with Gasteiger partial charge >= 0.3 is 6.18 Å². The Labute approximate surface area is 87.4 Å². The van der Waals surface area contributed by atoms with Gasteiger partial charge in [-0.05, 0) is 26.7 Å². The number of halogens is 3. The van der Waals surface area contributed by atoms with Crippen molar-refractivity contribution in [2.45, 2.75) is 51.4 Å². The topological polar surface area (TPSA) is 20.3 Å². The summed E-state index contributed by atoms with van der Waals surface area (Å²) in [6.45, 7) is 2.40. The Morgan fingerprint density at radius 2 is 2.07 bits per heavy atom. The number of rotatable bonds is 3. The van der Waals surface area contributed by atoms with Crippen LogP contribution in [0.4, 0.5) is 13.2 Å². The summed E-state index contributed by atoms with van der Waals surface area (Å²) in [5, 5.41) is 0. The molecule has 1 fully saturated rings. The number of carbonyl (C=O) groups excluding carboxylic acids is 1. The fraction of sp³-hybridized carbons (Fsp3) is 0.900. The van der Waals surface area contributed by atoms with E-state index < -0.39 is 18.8 Å². The molecule has 0 saturated heterocycles. The van der Waals surface area contributed by atoms with E-state index in [4.69, 9.17) is 0 Å². The molecule has 15 heavy (non-hydrogen) atoms. The quantitative estimate of drug-likeness (QED) is 0.732. The molecule has 0 heterocycles. The minimum absolute atomic E-state index is 0.0482. The maximum Gasteiger partial charge on any atom is 0.401 e. The highest BCUT2D eigenvalue weighted by Crippen LogP contribution is 2.26. The number of Topliss-reactive ketones (excluding diaryl/α,β-unsaturated/α-hetero) is 1. The van der Waals surface area contributed by atoms with E-state index in [0.717, 1.165) is 0 Å². The van der Waals surface area contributed by atoms with Gasteiger partial charge in [0.2, 0.25) is 0 Å². The molecule has 0 bridgehead atoms. The minimum atomic E-state index is -4.23. The summed E-state index contributed by atoms with van der Waals surface area (Å²) in [6.07, 6.45) is -2.53. The van der Waals surface area contributed by atoms with E-state index in [-0.39, 0.29) is 11.8 Å². The fourth-order valence-electron chi connectivity index (χ4n) is 2.01. The second-order valence-electron chi connectivity index (χ2n) is 4.26. The van der Waals surface area contributed by atoms with Gasteiger partial charge in [-0.25, -0.2) is 0 Å². The molecule has 88 valence electrons. The summed E-state index contributed by atoms with van der Waals surface area (Å²) >= 11 is 0. The predicted molar refractivity (Wildman–Crippen MR) is 50.5 cm³/mol. The SMILES string of the molecule is CC(C)N(CC(F)(F)F)C1CCCC1=O. The van der Waals surface area contributed by atoms with Crippen LogP contribution in [0.1, 0.15) is 33.1 Å². The molecule has 0 N–H and O–H groups in total. The molecular weight excluding hydrogens is 207 g/mol. The number of nitrogens with zero attached hydrogens (tertiary/aromatic N) is 1. The van der Waals surface area contributed by atoms with Gasteiger partial charge in [-0.2, -0.15) is 13.2 Å². The number of hydrogen-bond acceptors (Lipinski definition) is 2. The van der Waals surface area contributed by atoms with Crippen LogP contribution in [0, 0.1) is 0 Å². The first-order valence-electron chi connectivity index (χ1n) is 5.16. The van der Waals surface area contributed by atoms with Gasteiger partial charge in [0.25, 0.3) is 0 Å². The molecule has 0 aliphatic heterocycles. The molecule has 5 heteroatoms. The molecule has 0 aromatic carbocycles. The Kier molecular flexibility index (Phi) is 3.76. The average molecular weight is 223 g/mol. The van der Waals surface area contributed by atoms with E-state index in [0.29, 0.717) is 19.3 Å². The van der Waals surface area contributed by atoms with E-state index in [9.17, 15) is 18.0 Å². The van der Waals surface area contributed by atoms with Gasteiger partial charge in [0, 0.05) is 12.5 Å². The summed E-state index contributed by atoms with van der Waals surface area (Å²) < 4.78 is 36.9. The van der Waals surface area contributed by atoms with Gasteiger partial charge in [0.1, 0.15) is 5.78 Å². The van der Waals surface area contributed by atoms with Crippen molar-refractivity contribution in [1.29, 1.82) is 0 Å². The highest BCUT2D eigenvalue weighted by Gasteiger charge is 2.39. The van der Waals surface area contributed by atoms with Crippen molar-refractivity contribution in [3.8, 4) is 0 Å². The standard InChI is InChI=1S/C10H16F3NO/c1-7(2)14(6-10(11,12)13)8-4-3-5-9(8)15/h7-8H,3-6H2,1-2H3. The van der Waals surface area contributed by atoms with Gasteiger partial charge in [0.15, 0.2) is 0 Å². The van der Waals surface area contributed by atoms with Crippen LogP contribution < -0.4 is 0 Å². The smallest absolute Gasteiger partial charge is 0.298 e. The number of hydrogen-bond donors (Lipinski definition) is 0. The first-order valence-corrected chi connectivity index (χ1v) is 5.16. The highest BCUT2D eigenvalue weighted by molar-refractivity contribution is 5.85. The predicted octanol–water partition coefficient (Wildman–Crippen LogP) is 2.38. The van der Waals surface area contributed by atoms with Crippen molar-refractivity contribution in [3.05, 3.63) is 0 Å². The van der Waals surface area contributed by atoms with Crippen LogP contribution in [0.3, 0.4) is 0 Å². The van der Waals surface area contributed by atoms with E-state index in [1.54, 1.807) is 13.8 Å². The van der Waals surface area contributed by atoms with Gasteiger partial charge in [-0.15, -0.1) is 0 Å². The first kappa shape index (κ1) is 12.5. The lowest BCUT2D eigenvalue weighted by Gasteiger charge is -2.32. The Hall–Kier alpha value is -0.580. The number of carbonyl (C=O) groups is 1. The van der Waals surface area contributed by atoms with Crippen molar-refractivity contribution in [3.63, 3.8) is 0 Å². The molecule has 0 spiro atoms. The molecule has 1 aliphatic rings. The van der Waals surface area contributed by atoms with E-state index in [2.05, 4.69) is 0 Å². The third-order valence-corrected chi connectivity index (χ3v) is 2.70. The number of alkyl halides is 3. The third kappa shape index (κ3) is 3.48. The summed E-state index contributed by atoms with van der Waals surface area (Å²) in [5.41, 5.74) is 0. The molecule has 0 aromatic heterocycles. The Balaban J connectivity index is 2.69. The van der Waals surface area contributed by atoms with Crippen molar-refractivity contribution in [2.24, 2.45) is 0 Å². The van der Waals surface area contributed by atoms with Crippen LogP contribution in [0.5, 0.6) is 0 Å². The monoisotopic (exact) mass is 223 g/mol. The maximum atomic E-state index is 12.3. The van der Waals surface area contributed by atoms with Crippen molar-refractivity contribution in [2.75, 3.05) is 6.54 Å². The summed E-state index contributed by atoms with van der Waals surface area (Å²) in [5.74, 6) is -0.0482. The molecule has 0 radical (unpaired) electrons. The van der Waals surface area contributed by atoms with Crippen molar-refractivity contribution in [1.82, 2.24) is 4.90 Å². The van der Waals surface area contributed by atoms with Crippen LogP contribution in [0.2, 0.25) is 0 Å². The average Bonchev–Trinajstić information content (AvgIpc) is 2.45. The molecule has 1 saturated carbocycles. The summed E-state index contributed by atoms with van der Waals surface area (Å²) in [4.78, 5) is 12.7. The first-order chi connectivity index (χ1) is 6.81. The highest BCUT2D eigenvalue weighted by atomic mass is 19.4. The lowest BCUT2D eigenvalue weighted by atomic mass is 10.1. The lowest BCUT2D eigenvalue weighted by molar-refractivity contribution is -0.157. The Morgan fingerprint density at radius 3 is 2.40 bits per heavy atom. The lowest BCUT2D eigenvalue weighted by Crippen LogP contribution is -2.47. The van der Waals surface area contributed by atoms with Crippen molar-refractivity contribution >= 4 is 5.78 Å². The second kappa shape index (κ2) is 4.51. The van der Waals surface area contributed by atoms with E-state index in [1.165, 1.54) is 4.90 Å². The summed E-state index contributed by atoms with van der Waals surface area (Å²) in [7, 11) is 0. The number of ketones is 1. The van der Waals surface area contributed by atoms with Crippen molar-refractivity contribution < 1.29 is 18.0 Å². The normalized spacial score (nSPS) is 23.1. The van der Waals surface area contributed by atoms with Crippen LogP contribution in [0.25, 0.3) is 0 Å². The third-order valence-electron chi connectivity index (χ3n) is 2.70. The molecule has 0 amide bonds. The van der Waals surface area contributed by atoms with Gasteiger partial charge in [-0.3, -0.25) is 9.69 Å². The van der Waals surface area contributed by atoms with Crippen LogP contribution in [0.15, 0.2) is 0 Å². The molecule has 0 aromatic rings. The van der Waals surface area contributed by atoms with Crippen LogP contribution in [-0.2, 0) is 4.79 Å². The second-order valence-corrected chi connectivity index (χ2v) is 4.26.